The number of rotatable bonds is 5. The smallest absolute Gasteiger partial charge is 0.248 e. The van der Waals surface area contributed by atoms with Crippen molar-refractivity contribution in [2.45, 2.75) is 6.92 Å². The molecule has 0 bridgehead atoms. The molecule has 2 aromatic carbocycles. The normalized spacial score (nSPS) is 10.6. The standard InChI is InChI=1S/C17H17ClN2O2/c1-2-22-16-8-6-12(10-15(16)19)7-9-17(21)20-14-5-3-4-13(18)11-14/h3-11H,2,19H2,1H3,(H,20,21)/b9-7-. The van der Waals surface area contributed by atoms with Crippen molar-refractivity contribution in [1.29, 1.82) is 0 Å². The Morgan fingerprint density at radius 2 is 2.14 bits per heavy atom. The molecule has 2 aromatic rings. The van der Waals surface area contributed by atoms with Gasteiger partial charge in [0.15, 0.2) is 0 Å². The summed E-state index contributed by atoms with van der Waals surface area (Å²) in [4.78, 5) is 11.9. The summed E-state index contributed by atoms with van der Waals surface area (Å²) in [6, 6.07) is 12.4. The van der Waals surface area contributed by atoms with E-state index in [1.165, 1.54) is 6.08 Å². The van der Waals surface area contributed by atoms with Gasteiger partial charge in [0, 0.05) is 16.8 Å². The van der Waals surface area contributed by atoms with E-state index in [1.54, 1.807) is 42.5 Å². The third-order valence-corrected chi connectivity index (χ3v) is 3.09. The Hall–Kier alpha value is -2.46. The second-order valence-corrected chi connectivity index (χ2v) is 5.00. The van der Waals surface area contributed by atoms with Crippen molar-refractivity contribution in [3.8, 4) is 5.75 Å². The van der Waals surface area contributed by atoms with Gasteiger partial charge < -0.3 is 15.8 Å². The number of amides is 1. The third kappa shape index (κ3) is 4.53. The van der Waals surface area contributed by atoms with Crippen molar-refractivity contribution in [2.75, 3.05) is 17.7 Å². The van der Waals surface area contributed by atoms with Crippen LogP contribution in [0, 0.1) is 0 Å². The van der Waals surface area contributed by atoms with Crippen LogP contribution < -0.4 is 15.8 Å². The number of nitrogen functional groups attached to an aromatic ring is 1. The van der Waals surface area contributed by atoms with Gasteiger partial charge in [0.2, 0.25) is 5.91 Å². The Morgan fingerprint density at radius 3 is 2.82 bits per heavy atom. The fraction of sp³-hybridized carbons (Fsp3) is 0.118. The molecule has 0 heterocycles. The average Bonchev–Trinajstić information content (AvgIpc) is 2.48. The maximum atomic E-state index is 11.9. The van der Waals surface area contributed by atoms with Crippen LogP contribution in [0.1, 0.15) is 12.5 Å². The van der Waals surface area contributed by atoms with Crippen LogP contribution in [0.2, 0.25) is 5.02 Å². The van der Waals surface area contributed by atoms with E-state index in [9.17, 15) is 4.79 Å². The number of benzene rings is 2. The van der Waals surface area contributed by atoms with Crippen LogP contribution in [0.4, 0.5) is 11.4 Å². The first-order chi connectivity index (χ1) is 10.6. The minimum absolute atomic E-state index is 0.241. The Morgan fingerprint density at radius 1 is 1.32 bits per heavy atom. The predicted octanol–water partition coefficient (Wildman–Crippen LogP) is 3.97. The molecule has 2 rings (SSSR count). The molecule has 0 aliphatic carbocycles. The minimum atomic E-state index is -0.241. The van der Waals surface area contributed by atoms with Crippen molar-refractivity contribution in [2.24, 2.45) is 0 Å². The highest BCUT2D eigenvalue weighted by Gasteiger charge is 2.01. The molecule has 0 spiro atoms. The Kier molecular flexibility index (Phi) is 5.44. The molecule has 0 radical (unpaired) electrons. The van der Waals surface area contributed by atoms with Crippen LogP contribution in [-0.4, -0.2) is 12.5 Å². The van der Waals surface area contributed by atoms with Gasteiger partial charge in [-0.15, -0.1) is 0 Å². The van der Waals surface area contributed by atoms with Gasteiger partial charge in [-0.2, -0.15) is 0 Å². The van der Waals surface area contributed by atoms with Crippen molar-refractivity contribution in [3.05, 3.63) is 59.1 Å². The highest BCUT2D eigenvalue weighted by molar-refractivity contribution is 6.30. The van der Waals surface area contributed by atoms with Gasteiger partial charge >= 0.3 is 0 Å². The van der Waals surface area contributed by atoms with Crippen LogP contribution >= 0.6 is 11.6 Å². The lowest BCUT2D eigenvalue weighted by Crippen LogP contribution is -2.07. The maximum Gasteiger partial charge on any atom is 0.248 e. The first kappa shape index (κ1) is 15.9. The highest BCUT2D eigenvalue weighted by atomic mass is 35.5. The summed E-state index contributed by atoms with van der Waals surface area (Å²) < 4.78 is 5.37. The number of carbonyl (C=O) groups excluding carboxylic acids is 1. The molecule has 3 N–H and O–H groups in total. The van der Waals surface area contributed by atoms with Gasteiger partial charge in [0.25, 0.3) is 0 Å². The van der Waals surface area contributed by atoms with Crippen LogP contribution in [0.15, 0.2) is 48.5 Å². The third-order valence-electron chi connectivity index (χ3n) is 2.85. The lowest BCUT2D eigenvalue weighted by molar-refractivity contribution is -0.111. The molecule has 1 amide bonds. The molecule has 0 unspecified atom stereocenters. The molecule has 0 saturated heterocycles. The molecule has 22 heavy (non-hydrogen) atoms. The van der Waals surface area contributed by atoms with E-state index in [4.69, 9.17) is 22.1 Å². The van der Waals surface area contributed by atoms with Gasteiger partial charge in [-0.05, 0) is 48.9 Å². The second kappa shape index (κ2) is 7.52. The van der Waals surface area contributed by atoms with Gasteiger partial charge in [-0.3, -0.25) is 4.79 Å². The topological polar surface area (TPSA) is 64.3 Å². The first-order valence-electron chi connectivity index (χ1n) is 6.85. The van der Waals surface area contributed by atoms with Crippen LogP contribution in [0.25, 0.3) is 6.08 Å². The Bertz CT molecular complexity index is 699. The molecule has 0 atom stereocenters. The molecule has 0 aromatic heterocycles. The SMILES string of the molecule is CCOc1ccc(/C=C\C(=O)Nc2cccc(Cl)c2)cc1N. The number of hydrogen-bond acceptors (Lipinski definition) is 3. The largest absolute Gasteiger partial charge is 0.492 e. The van der Waals surface area contributed by atoms with E-state index in [0.717, 1.165) is 5.56 Å². The van der Waals surface area contributed by atoms with Gasteiger partial charge in [0.05, 0.1) is 12.3 Å². The van der Waals surface area contributed by atoms with E-state index in [-0.39, 0.29) is 5.91 Å². The molecule has 114 valence electrons. The fourth-order valence-electron chi connectivity index (χ4n) is 1.88. The molecule has 0 aliphatic rings. The van der Waals surface area contributed by atoms with E-state index in [2.05, 4.69) is 5.32 Å². The zero-order valence-corrected chi connectivity index (χ0v) is 12.9. The number of nitrogens with one attached hydrogen (secondary N) is 1. The van der Waals surface area contributed by atoms with Gasteiger partial charge in [0.1, 0.15) is 5.75 Å². The maximum absolute atomic E-state index is 11.9. The molecule has 0 saturated carbocycles. The van der Waals surface area contributed by atoms with Gasteiger partial charge in [-0.25, -0.2) is 0 Å². The van der Waals surface area contributed by atoms with Crippen molar-refractivity contribution >= 4 is 35.0 Å². The van der Waals surface area contributed by atoms with Crippen LogP contribution in [-0.2, 0) is 4.79 Å². The van der Waals surface area contributed by atoms with E-state index in [1.807, 2.05) is 13.0 Å². The Balaban J connectivity index is 2.02. The number of halogens is 1. The van der Waals surface area contributed by atoms with Crippen LogP contribution in [0.3, 0.4) is 0 Å². The van der Waals surface area contributed by atoms with E-state index < -0.39 is 0 Å². The Labute approximate surface area is 134 Å². The first-order valence-corrected chi connectivity index (χ1v) is 7.23. The number of carbonyl (C=O) groups is 1. The van der Waals surface area contributed by atoms with Crippen molar-refractivity contribution in [3.63, 3.8) is 0 Å². The van der Waals surface area contributed by atoms with E-state index >= 15 is 0 Å². The van der Waals surface area contributed by atoms with E-state index in [0.29, 0.717) is 28.8 Å². The van der Waals surface area contributed by atoms with Crippen molar-refractivity contribution in [1.82, 2.24) is 0 Å². The zero-order chi connectivity index (χ0) is 15.9. The lowest BCUT2D eigenvalue weighted by Gasteiger charge is -2.07. The number of hydrogen-bond donors (Lipinski definition) is 2. The predicted molar refractivity (Wildman–Crippen MR) is 91.1 cm³/mol. The summed E-state index contributed by atoms with van der Waals surface area (Å²) in [6.45, 7) is 2.45. The molecule has 0 aliphatic heterocycles. The van der Waals surface area contributed by atoms with Crippen molar-refractivity contribution < 1.29 is 9.53 Å². The second-order valence-electron chi connectivity index (χ2n) is 4.56. The molecular weight excluding hydrogens is 300 g/mol. The quantitative estimate of drug-likeness (QED) is 0.648. The summed E-state index contributed by atoms with van der Waals surface area (Å²) in [5.74, 6) is 0.401. The number of ether oxygens (including phenoxy) is 1. The van der Waals surface area contributed by atoms with Gasteiger partial charge in [-0.1, -0.05) is 23.7 Å². The molecule has 0 fully saturated rings. The fourth-order valence-corrected chi connectivity index (χ4v) is 2.07. The molecule has 5 heteroatoms. The van der Waals surface area contributed by atoms with Crippen LogP contribution in [0.5, 0.6) is 5.75 Å². The summed E-state index contributed by atoms with van der Waals surface area (Å²) in [6.07, 6.45) is 3.13. The zero-order valence-electron chi connectivity index (χ0n) is 12.2. The number of anilines is 2. The summed E-state index contributed by atoms with van der Waals surface area (Å²) in [7, 11) is 0. The summed E-state index contributed by atoms with van der Waals surface area (Å²) in [5, 5.41) is 3.30. The monoisotopic (exact) mass is 316 g/mol. The highest BCUT2D eigenvalue weighted by Crippen LogP contribution is 2.23. The molecular formula is C17H17ClN2O2. The number of nitrogens with two attached hydrogens (primary N) is 1. The summed E-state index contributed by atoms with van der Waals surface area (Å²) in [5.41, 5.74) is 7.89. The average molecular weight is 317 g/mol. The minimum Gasteiger partial charge on any atom is -0.492 e. The molecule has 4 nitrogen and oxygen atoms in total. The summed E-state index contributed by atoms with van der Waals surface area (Å²) >= 11 is 5.86. The lowest BCUT2D eigenvalue weighted by atomic mass is 10.1.